The molecule has 1 aliphatic heterocycles. The molecule has 4 nitrogen and oxygen atoms in total. The topological polar surface area (TPSA) is 49.4 Å². The molecule has 4 heteroatoms. The van der Waals surface area contributed by atoms with Crippen LogP contribution in [0.4, 0.5) is 0 Å². The van der Waals surface area contributed by atoms with Crippen molar-refractivity contribution in [2.45, 2.75) is 38.1 Å². The summed E-state index contributed by atoms with van der Waals surface area (Å²) in [5.41, 5.74) is 0. The average Bonchev–Trinajstić information content (AvgIpc) is 2.98. The van der Waals surface area contributed by atoms with E-state index >= 15 is 0 Å². The standard InChI is InChI=1S/C13H20N2O2/c1-2-12(16)14-11-6-5-10(9-11)13(17)15-7-3-4-8-15/h2,10-11H,1,3-9H2,(H,14,16). The summed E-state index contributed by atoms with van der Waals surface area (Å²) in [7, 11) is 0. The van der Waals surface area contributed by atoms with E-state index in [1.165, 1.54) is 6.08 Å². The molecule has 2 fully saturated rings. The first-order chi connectivity index (χ1) is 8.20. The lowest BCUT2D eigenvalue weighted by atomic mass is 10.1. The zero-order valence-electron chi connectivity index (χ0n) is 10.2. The van der Waals surface area contributed by atoms with Gasteiger partial charge in [0.05, 0.1) is 0 Å². The van der Waals surface area contributed by atoms with Gasteiger partial charge in [-0.15, -0.1) is 0 Å². The van der Waals surface area contributed by atoms with Crippen molar-refractivity contribution >= 4 is 11.8 Å². The summed E-state index contributed by atoms with van der Waals surface area (Å²) in [4.78, 5) is 25.3. The summed E-state index contributed by atoms with van der Waals surface area (Å²) in [6.45, 7) is 5.26. The molecule has 2 aliphatic rings. The maximum Gasteiger partial charge on any atom is 0.243 e. The molecule has 0 spiro atoms. The summed E-state index contributed by atoms with van der Waals surface area (Å²) in [5.74, 6) is 0.269. The Morgan fingerprint density at radius 1 is 1.24 bits per heavy atom. The van der Waals surface area contributed by atoms with Gasteiger partial charge in [-0.2, -0.15) is 0 Å². The summed E-state index contributed by atoms with van der Waals surface area (Å²) in [6.07, 6.45) is 6.15. The number of nitrogens with one attached hydrogen (secondary N) is 1. The van der Waals surface area contributed by atoms with Gasteiger partial charge in [0.1, 0.15) is 0 Å². The van der Waals surface area contributed by atoms with Gasteiger partial charge in [0.15, 0.2) is 0 Å². The number of rotatable bonds is 3. The van der Waals surface area contributed by atoms with Crippen LogP contribution in [0.25, 0.3) is 0 Å². The van der Waals surface area contributed by atoms with Crippen molar-refractivity contribution in [2.75, 3.05) is 13.1 Å². The van der Waals surface area contributed by atoms with Crippen LogP contribution in [-0.2, 0) is 9.59 Å². The highest BCUT2D eigenvalue weighted by Crippen LogP contribution is 2.28. The molecule has 2 rings (SSSR count). The molecule has 1 N–H and O–H groups in total. The van der Waals surface area contributed by atoms with Crippen LogP contribution in [0.1, 0.15) is 32.1 Å². The van der Waals surface area contributed by atoms with E-state index in [4.69, 9.17) is 0 Å². The van der Waals surface area contributed by atoms with Crippen LogP contribution < -0.4 is 5.32 Å². The van der Waals surface area contributed by atoms with Crippen molar-refractivity contribution in [1.29, 1.82) is 0 Å². The summed E-state index contributed by atoms with van der Waals surface area (Å²) in [5, 5.41) is 2.88. The molecule has 1 aliphatic carbocycles. The quantitative estimate of drug-likeness (QED) is 0.745. The van der Waals surface area contributed by atoms with E-state index in [9.17, 15) is 9.59 Å². The van der Waals surface area contributed by atoms with Crippen LogP contribution in [0.15, 0.2) is 12.7 Å². The van der Waals surface area contributed by atoms with Crippen molar-refractivity contribution in [3.63, 3.8) is 0 Å². The first-order valence-electron chi connectivity index (χ1n) is 6.42. The Bertz CT molecular complexity index is 321. The summed E-state index contributed by atoms with van der Waals surface area (Å²) in [6, 6.07) is 0.150. The highest BCUT2D eigenvalue weighted by Gasteiger charge is 2.33. The van der Waals surface area contributed by atoms with Gasteiger partial charge in [0, 0.05) is 25.0 Å². The van der Waals surface area contributed by atoms with E-state index in [2.05, 4.69) is 11.9 Å². The minimum absolute atomic E-state index is 0.114. The van der Waals surface area contributed by atoms with Crippen molar-refractivity contribution in [2.24, 2.45) is 5.92 Å². The van der Waals surface area contributed by atoms with E-state index in [0.717, 1.165) is 45.2 Å². The van der Waals surface area contributed by atoms with Crippen molar-refractivity contribution < 1.29 is 9.59 Å². The Hall–Kier alpha value is -1.32. The number of amides is 2. The molecule has 0 aromatic heterocycles. The lowest BCUT2D eigenvalue weighted by molar-refractivity contribution is -0.134. The molecule has 2 atom stereocenters. The number of hydrogen-bond acceptors (Lipinski definition) is 2. The summed E-state index contributed by atoms with van der Waals surface area (Å²) >= 11 is 0. The second-order valence-corrected chi connectivity index (χ2v) is 4.95. The molecule has 2 amide bonds. The van der Waals surface area contributed by atoms with E-state index < -0.39 is 0 Å². The van der Waals surface area contributed by atoms with Gasteiger partial charge in [-0.1, -0.05) is 6.58 Å². The fourth-order valence-electron chi connectivity index (χ4n) is 2.79. The Morgan fingerprint density at radius 2 is 1.94 bits per heavy atom. The lowest BCUT2D eigenvalue weighted by Gasteiger charge is -2.20. The summed E-state index contributed by atoms with van der Waals surface area (Å²) < 4.78 is 0. The maximum absolute atomic E-state index is 12.1. The minimum Gasteiger partial charge on any atom is -0.350 e. The van der Waals surface area contributed by atoms with Crippen molar-refractivity contribution in [1.82, 2.24) is 10.2 Å². The molecule has 2 unspecified atom stereocenters. The Morgan fingerprint density at radius 3 is 2.59 bits per heavy atom. The second-order valence-electron chi connectivity index (χ2n) is 4.95. The van der Waals surface area contributed by atoms with Gasteiger partial charge in [-0.05, 0) is 38.2 Å². The van der Waals surface area contributed by atoms with E-state index in [1.54, 1.807) is 0 Å². The normalized spacial score (nSPS) is 28.1. The van der Waals surface area contributed by atoms with Gasteiger partial charge in [-0.3, -0.25) is 9.59 Å². The molecule has 94 valence electrons. The Labute approximate surface area is 102 Å². The van der Waals surface area contributed by atoms with Gasteiger partial charge >= 0.3 is 0 Å². The SMILES string of the molecule is C=CC(=O)NC1CCC(C(=O)N2CCCC2)C1. The van der Waals surface area contributed by atoms with Gasteiger partial charge in [0.25, 0.3) is 0 Å². The minimum atomic E-state index is -0.135. The predicted octanol–water partition coefficient (Wildman–Crippen LogP) is 1.08. The van der Waals surface area contributed by atoms with E-state index in [-0.39, 0.29) is 23.8 Å². The number of carbonyl (C=O) groups is 2. The fourth-order valence-corrected chi connectivity index (χ4v) is 2.79. The van der Waals surface area contributed by atoms with Crippen LogP contribution >= 0.6 is 0 Å². The van der Waals surface area contributed by atoms with Crippen molar-refractivity contribution in [3.8, 4) is 0 Å². The number of hydrogen-bond donors (Lipinski definition) is 1. The fraction of sp³-hybridized carbons (Fsp3) is 0.692. The molecule has 1 saturated carbocycles. The molecule has 0 aromatic rings. The monoisotopic (exact) mass is 236 g/mol. The third-order valence-corrected chi connectivity index (χ3v) is 3.73. The molecule has 0 bridgehead atoms. The number of carbonyl (C=O) groups excluding carboxylic acids is 2. The van der Waals surface area contributed by atoms with Gasteiger partial charge in [-0.25, -0.2) is 0 Å². The lowest BCUT2D eigenvalue weighted by Crippen LogP contribution is -2.35. The van der Waals surface area contributed by atoms with Crippen LogP contribution in [0, 0.1) is 5.92 Å². The highest BCUT2D eigenvalue weighted by molar-refractivity contribution is 5.87. The second kappa shape index (κ2) is 5.34. The Kier molecular flexibility index (Phi) is 3.82. The predicted molar refractivity (Wildman–Crippen MR) is 65.3 cm³/mol. The van der Waals surface area contributed by atoms with Crippen LogP contribution in [0.2, 0.25) is 0 Å². The molecular formula is C13H20N2O2. The molecule has 0 aromatic carbocycles. The van der Waals surface area contributed by atoms with Gasteiger partial charge in [0.2, 0.25) is 11.8 Å². The smallest absolute Gasteiger partial charge is 0.243 e. The highest BCUT2D eigenvalue weighted by atomic mass is 16.2. The third-order valence-electron chi connectivity index (χ3n) is 3.73. The number of nitrogens with zero attached hydrogens (tertiary/aromatic N) is 1. The Balaban J connectivity index is 1.82. The largest absolute Gasteiger partial charge is 0.350 e. The third kappa shape index (κ3) is 2.87. The van der Waals surface area contributed by atoms with Gasteiger partial charge < -0.3 is 10.2 Å². The molecule has 0 radical (unpaired) electrons. The van der Waals surface area contributed by atoms with E-state index in [0.29, 0.717) is 0 Å². The molecular weight excluding hydrogens is 216 g/mol. The molecule has 1 saturated heterocycles. The average molecular weight is 236 g/mol. The zero-order chi connectivity index (χ0) is 12.3. The van der Waals surface area contributed by atoms with Crippen LogP contribution in [0.5, 0.6) is 0 Å². The first-order valence-corrected chi connectivity index (χ1v) is 6.42. The van der Waals surface area contributed by atoms with Crippen molar-refractivity contribution in [3.05, 3.63) is 12.7 Å². The maximum atomic E-state index is 12.1. The zero-order valence-corrected chi connectivity index (χ0v) is 10.2. The van der Waals surface area contributed by atoms with Crippen LogP contribution in [-0.4, -0.2) is 35.8 Å². The van der Waals surface area contributed by atoms with Crippen LogP contribution in [0.3, 0.4) is 0 Å². The van der Waals surface area contributed by atoms with E-state index in [1.807, 2.05) is 4.90 Å². The number of likely N-dealkylation sites (tertiary alicyclic amines) is 1. The molecule has 17 heavy (non-hydrogen) atoms. The first kappa shape index (κ1) is 12.1. The molecule has 1 heterocycles.